The van der Waals surface area contributed by atoms with Gasteiger partial charge in [-0.3, -0.25) is 9.69 Å². The molecule has 2 atom stereocenters. The van der Waals surface area contributed by atoms with E-state index in [1.165, 1.54) is 6.42 Å². The lowest BCUT2D eigenvalue weighted by molar-refractivity contribution is -0.141. The zero-order chi connectivity index (χ0) is 16.5. The van der Waals surface area contributed by atoms with E-state index in [-0.39, 0.29) is 5.91 Å². The minimum absolute atomic E-state index is 0.244. The maximum atomic E-state index is 12.5. The van der Waals surface area contributed by atoms with Gasteiger partial charge in [0.2, 0.25) is 5.91 Å². The molecular weight excluding hydrogens is 326 g/mol. The number of ether oxygens (including phenoxy) is 1. The second-order valence-corrected chi connectivity index (χ2v) is 7.29. The number of aromatic nitrogens is 2. The molecule has 8 heteroatoms. The van der Waals surface area contributed by atoms with Crippen LogP contribution < -0.4 is 4.90 Å². The Morgan fingerprint density at radius 2 is 2.08 bits per heavy atom. The standard InChI is InChI=1S/C16H23N5O2S/c1-24-16-17-3-2-14(18-16)20-9-12-8-13(10-20)21(12)11-15(22)19-4-6-23-7-5-19/h2-3,12-13H,4-11H2,1H3. The number of hydrogen-bond donors (Lipinski definition) is 0. The number of morpholine rings is 1. The molecule has 2 bridgehead atoms. The van der Waals surface area contributed by atoms with E-state index in [4.69, 9.17) is 4.74 Å². The number of carbonyl (C=O) groups is 1. The Morgan fingerprint density at radius 3 is 2.79 bits per heavy atom. The van der Waals surface area contributed by atoms with Gasteiger partial charge in [-0.2, -0.15) is 0 Å². The summed E-state index contributed by atoms with van der Waals surface area (Å²) in [7, 11) is 0. The molecule has 1 aromatic rings. The summed E-state index contributed by atoms with van der Waals surface area (Å²) in [5.41, 5.74) is 0. The number of carbonyl (C=O) groups excluding carboxylic acids is 1. The number of hydrogen-bond acceptors (Lipinski definition) is 7. The van der Waals surface area contributed by atoms with Crippen molar-refractivity contribution in [2.24, 2.45) is 0 Å². The first-order valence-corrected chi connectivity index (χ1v) is 9.70. The van der Waals surface area contributed by atoms with Crippen molar-refractivity contribution >= 4 is 23.5 Å². The molecule has 0 radical (unpaired) electrons. The molecule has 4 saturated heterocycles. The van der Waals surface area contributed by atoms with Gasteiger partial charge in [0.15, 0.2) is 5.16 Å². The van der Waals surface area contributed by atoms with Crippen LogP contribution in [0.3, 0.4) is 0 Å². The van der Waals surface area contributed by atoms with Crippen LogP contribution in [-0.4, -0.2) is 90.0 Å². The predicted molar refractivity (Wildman–Crippen MR) is 92.3 cm³/mol. The molecule has 4 aliphatic rings. The molecule has 1 aromatic heterocycles. The van der Waals surface area contributed by atoms with E-state index in [2.05, 4.69) is 19.8 Å². The van der Waals surface area contributed by atoms with Crippen LogP contribution in [0.25, 0.3) is 0 Å². The van der Waals surface area contributed by atoms with Gasteiger partial charge in [0, 0.05) is 44.5 Å². The molecule has 130 valence electrons. The summed E-state index contributed by atoms with van der Waals surface area (Å²) in [4.78, 5) is 27.9. The van der Waals surface area contributed by atoms with Crippen molar-refractivity contribution in [1.82, 2.24) is 19.8 Å². The van der Waals surface area contributed by atoms with E-state index >= 15 is 0 Å². The number of anilines is 1. The van der Waals surface area contributed by atoms with Crippen LogP contribution in [0.5, 0.6) is 0 Å². The SMILES string of the molecule is CSc1nccc(N2CC3CC(C2)N3CC(=O)N2CCOCC2)n1. The van der Waals surface area contributed by atoms with Gasteiger partial charge in [0.05, 0.1) is 19.8 Å². The van der Waals surface area contributed by atoms with E-state index in [0.717, 1.165) is 37.2 Å². The Morgan fingerprint density at radius 1 is 1.33 bits per heavy atom. The average Bonchev–Trinajstić information content (AvgIpc) is 2.66. The van der Waals surface area contributed by atoms with Crippen molar-refractivity contribution in [2.45, 2.75) is 23.7 Å². The van der Waals surface area contributed by atoms with Crippen molar-refractivity contribution in [1.29, 1.82) is 0 Å². The number of thioether (sulfide) groups is 1. The summed E-state index contributed by atoms with van der Waals surface area (Å²) < 4.78 is 5.32. The molecule has 2 unspecified atom stereocenters. The maximum Gasteiger partial charge on any atom is 0.236 e. The molecule has 0 aliphatic carbocycles. The summed E-state index contributed by atoms with van der Waals surface area (Å²) in [6, 6.07) is 2.90. The third-order valence-electron chi connectivity index (χ3n) is 5.15. The smallest absolute Gasteiger partial charge is 0.236 e. The van der Waals surface area contributed by atoms with Gasteiger partial charge in [-0.05, 0) is 18.7 Å². The van der Waals surface area contributed by atoms with Gasteiger partial charge in [0.25, 0.3) is 0 Å². The van der Waals surface area contributed by atoms with Crippen LogP contribution in [0.4, 0.5) is 5.82 Å². The fourth-order valence-corrected chi connectivity index (χ4v) is 4.16. The van der Waals surface area contributed by atoms with E-state index in [1.54, 1.807) is 11.8 Å². The highest BCUT2D eigenvalue weighted by Gasteiger charge is 2.45. The first-order chi connectivity index (χ1) is 11.7. The number of rotatable bonds is 4. The van der Waals surface area contributed by atoms with E-state index in [9.17, 15) is 4.79 Å². The normalized spacial score (nSPS) is 27.0. The molecule has 5 rings (SSSR count). The Bertz CT molecular complexity index is 598. The fourth-order valence-electron chi connectivity index (χ4n) is 3.81. The minimum Gasteiger partial charge on any atom is -0.378 e. The number of piperazine rings is 1. The Hall–Kier alpha value is -1.38. The zero-order valence-electron chi connectivity index (χ0n) is 13.9. The zero-order valence-corrected chi connectivity index (χ0v) is 14.7. The summed E-state index contributed by atoms with van der Waals surface area (Å²) in [6.07, 6.45) is 5.01. The van der Waals surface area contributed by atoms with Crippen LogP contribution in [0.1, 0.15) is 6.42 Å². The lowest BCUT2D eigenvalue weighted by atomic mass is 9.87. The highest BCUT2D eigenvalue weighted by atomic mass is 32.2. The largest absolute Gasteiger partial charge is 0.378 e. The molecule has 0 saturated carbocycles. The van der Waals surface area contributed by atoms with Gasteiger partial charge in [0.1, 0.15) is 5.82 Å². The monoisotopic (exact) mass is 349 g/mol. The van der Waals surface area contributed by atoms with Gasteiger partial charge in [-0.25, -0.2) is 9.97 Å². The van der Waals surface area contributed by atoms with Crippen LogP contribution in [0.15, 0.2) is 17.4 Å². The van der Waals surface area contributed by atoms with Gasteiger partial charge >= 0.3 is 0 Å². The molecule has 5 heterocycles. The topological polar surface area (TPSA) is 61.8 Å². The van der Waals surface area contributed by atoms with Crippen molar-refractivity contribution in [2.75, 3.05) is 57.1 Å². The molecular formula is C16H23N5O2S. The molecule has 4 fully saturated rings. The summed E-state index contributed by atoms with van der Waals surface area (Å²) in [5.74, 6) is 1.25. The third-order valence-corrected chi connectivity index (χ3v) is 5.71. The fraction of sp³-hybridized carbons (Fsp3) is 0.688. The van der Waals surface area contributed by atoms with Crippen LogP contribution >= 0.6 is 11.8 Å². The van der Waals surface area contributed by atoms with E-state index in [1.807, 2.05) is 23.4 Å². The summed E-state index contributed by atoms with van der Waals surface area (Å²) >= 11 is 1.56. The summed E-state index contributed by atoms with van der Waals surface area (Å²) in [6.45, 7) is 5.22. The predicted octanol–water partition coefficient (Wildman–Crippen LogP) is 0.320. The maximum absolute atomic E-state index is 12.5. The van der Waals surface area contributed by atoms with E-state index < -0.39 is 0 Å². The Labute approximate surface area is 146 Å². The van der Waals surface area contributed by atoms with Crippen LogP contribution in [-0.2, 0) is 9.53 Å². The highest BCUT2D eigenvalue weighted by molar-refractivity contribution is 7.98. The first kappa shape index (κ1) is 16.1. The van der Waals surface area contributed by atoms with Crippen LogP contribution in [0.2, 0.25) is 0 Å². The summed E-state index contributed by atoms with van der Waals surface area (Å²) in [5, 5.41) is 0.811. The molecule has 1 amide bonds. The lowest BCUT2D eigenvalue weighted by Gasteiger charge is -2.56. The second kappa shape index (κ2) is 6.85. The molecule has 0 aromatic carbocycles. The molecule has 4 aliphatic heterocycles. The highest BCUT2D eigenvalue weighted by Crippen LogP contribution is 2.34. The minimum atomic E-state index is 0.244. The van der Waals surface area contributed by atoms with Crippen LogP contribution in [0, 0.1) is 0 Å². The van der Waals surface area contributed by atoms with Gasteiger partial charge < -0.3 is 14.5 Å². The number of nitrogens with zero attached hydrogens (tertiary/aromatic N) is 5. The third kappa shape index (κ3) is 3.10. The van der Waals surface area contributed by atoms with E-state index in [0.29, 0.717) is 31.8 Å². The second-order valence-electron chi connectivity index (χ2n) is 6.52. The molecule has 7 nitrogen and oxygen atoms in total. The Kier molecular flexibility index (Phi) is 4.60. The van der Waals surface area contributed by atoms with Gasteiger partial charge in [-0.1, -0.05) is 11.8 Å². The van der Waals surface area contributed by atoms with Crippen molar-refractivity contribution in [3.05, 3.63) is 12.3 Å². The van der Waals surface area contributed by atoms with Crippen molar-refractivity contribution in [3.63, 3.8) is 0 Å². The number of fused-ring (bicyclic) bond motifs is 2. The first-order valence-electron chi connectivity index (χ1n) is 8.48. The molecule has 0 N–H and O–H groups in total. The quantitative estimate of drug-likeness (QED) is 0.573. The van der Waals surface area contributed by atoms with Gasteiger partial charge in [-0.15, -0.1) is 0 Å². The average molecular weight is 349 g/mol. The van der Waals surface area contributed by atoms with Crippen molar-refractivity contribution < 1.29 is 9.53 Å². The number of amides is 1. The number of piperidine rings is 1. The molecule has 24 heavy (non-hydrogen) atoms. The lowest BCUT2D eigenvalue weighted by Crippen LogP contribution is -2.70. The van der Waals surface area contributed by atoms with Crippen molar-refractivity contribution in [3.8, 4) is 0 Å². The Balaban J connectivity index is 1.35. The molecule has 0 spiro atoms.